The van der Waals surface area contributed by atoms with Crippen molar-refractivity contribution in [2.24, 2.45) is 4.99 Å². The molecule has 0 saturated carbocycles. The van der Waals surface area contributed by atoms with Crippen LogP contribution in [0.3, 0.4) is 0 Å². The van der Waals surface area contributed by atoms with E-state index in [0.717, 1.165) is 53.6 Å². The van der Waals surface area contributed by atoms with Crippen LogP contribution in [0.4, 0.5) is 5.69 Å². The van der Waals surface area contributed by atoms with E-state index in [0.29, 0.717) is 11.0 Å². The number of aliphatic imine (C=N–C) groups is 1. The molecule has 0 bridgehead atoms. The summed E-state index contributed by atoms with van der Waals surface area (Å²) >= 11 is 1.27. The van der Waals surface area contributed by atoms with Crippen molar-refractivity contribution in [1.29, 1.82) is 0 Å². The quantitative estimate of drug-likeness (QED) is 0.552. The Labute approximate surface area is 188 Å². The zero-order chi connectivity index (χ0) is 22.0. The first-order chi connectivity index (χ1) is 14.8. The third-order valence-corrected chi connectivity index (χ3v) is 5.88. The molecule has 0 unspecified atom stereocenters. The maximum Gasteiger partial charge on any atom is 0.299 e. The second-order valence-electron chi connectivity index (χ2n) is 8.88. The van der Waals surface area contributed by atoms with E-state index in [1.165, 1.54) is 17.1 Å². The Kier molecular flexibility index (Phi) is 5.96. The van der Waals surface area contributed by atoms with Crippen LogP contribution in [0, 0.1) is 13.8 Å². The van der Waals surface area contributed by atoms with Gasteiger partial charge in [0.1, 0.15) is 5.75 Å². The number of nitrogens with one attached hydrogen (secondary N) is 2. The fourth-order valence-electron chi connectivity index (χ4n) is 3.36. The number of hydrogen-bond donors (Lipinski definition) is 2. The number of aromatic nitrogens is 2. The lowest BCUT2D eigenvalue weighted by molar-refractivity contribution is 0.475. The summed E-state index contributed by atoms with van der Waals surface area (Å²) in [6, 6.07) is 12.5. The molecule has 2 aromatic carbocycles. The molecule has 6 nitrogen and oxygen atoms in total. The van der Waals surface area contributed by atoms with Gasteiger partial charge in [0.15, 0.2) is 11.8 Å². The molecule has 2 heterocycles. The molecule has 0 saturated heterocycles. The number of nitrogens with zero attached hydrogens (tertiary/aromatic N) is 3. The predicted octanol–water partition coefficient (Wildman–Crippen LogP) is 5.67. The summed E-state index contributed by atoms with van der Waals surface area (Å²) in [5, 5.41) is 7.21. The lowest BCUT2D eigenvalue weighted by Crippen LogP contribution is -2.35. The maximum atomic E-state index is 6.09. The first kappa shape index (κ1) is 21.3. The van der Waals surface area contributed by atoms with Crippen molar-refractivity contribution < 1.29 is 4.74 Å². The predicted molar refractivity (Wildman–Crippen MR) is 129 cm³/mol. The highest BCUT2D eigenvalue weighted by Crippen LogP contribution is 2.33. The van der Waals surface area contributed by atoms with Gasteiger partial charge in [0.2, 0.25) is 0 Å². The molecule has 0 aliphatic carbocycles. The molecule has 3 aromatic rings. The minimum atomic E-state index is 0.123. The minimum Gasteiger partial charge on any atom is -0.430 e. The number of benzene rings is 2. The Morgan fingerprint density at radius 3 is 2.52 bits per heavy atom. The van der Waals surface area contributed by atoms with Crippen molar-refractivity contribution in [1.82, 2.24) is 14.7 Å². The summed E-state index contributed by atoms with van der Waals surface area (Å²) in [7, 11) is 0. The summed E-state index contributed by atoms with van der Waals surface area (Å²) in [5.41, 5.74) is 5.53. The first-order valence-electron chi connectivity index (χ1n) is 10.6. The monoisotopic (exact) mass is 435 g/mol. The topological polar surface area (TPSA) is 71.4 Å². The first-order valence-corrected chi connectivity index (χ1v) is 11.4. The molecule has 4 rings (SSSR count). The second-order valence-corrected chi connectivity index (χ2v) is 9.60. The van der Waals surface area contributed by atoms with E-state index in [-0.39, 0.29) is 5.41 Å². The minimum absolute atomic E-state index is 0.123. The molecule has 0 fully saturated rings. The number of guanidine groups is 1. The van der Waals surface area contributed by atoms with Crippen LogP contribution in [0.15, 0.2) is 41.4 Å². The van der Waals surface area contributed by atoms with Gasteiger partial charge in [0.05, 0.1) is 0 Å². The van der Waals surface area contributed by atoms with Gasteiger partial charge in [-0.25, -0.2) is 0 Å². The third kappa shape index (κ3) is 5.05. The van der Waals surface area contributed by atoms with Gasteiger partial charge in [0.25, 0.3) is 5.19 Å². The van der Waals surface area contributed by atoms with Gasteiger partial charge in [-0.1, -0.05) is 45.0 Å². The number of hydrogen-bond acceptors (Lipinski definition) is 7. The Hall–Kier alpha value is -2.93. The van der Waals surface area contributed by atoms with E-state index in [1.54, 1.807) is 0 Å². The maximum absolute atomic E-state index is 6.09. The molecule has 0 amide bonds. The van der Waals surface area contributed by atoms with Crippen LogP contribution >= 0.6 is 11.5 Å². The van der Waals surface area contributed by atoms with Crippen molar-refractivity contribution in [2.45, 2.75) is 46.5 Å². The number of ether oxygens (including phenoxy) is 1. The molecule has 31 heavy (non-hydrogen) atoms. The van der Waals surface area contributed by atoms with Crippen molar-refractivity contribution in [3.63, 3.8) is 0 Å². The highest BCUT2D eigenvalue weighted by molar-refractivity contribution is 7.07. The molecule has 1 aromatic heterocycles. The van der Waals surface area contributed by atoms with Gasteiger partial charge >= 0.3 is 0 Å². The van der Waals surface area contributed by atoms with Crippen molar-refractivity contribution in [2.75, 3.05) is 18.4 Å². The Morgan fingerprint density at radius 2 is 1.84 bits per heavy atom. The van der Waals surface area contributed by atoms with Crippen molar-refractivity contribution in [3.8, 4) is 22.3 Å². The largest absolute Gasteiger partial charge is 0.430 e. The average molecular weight is 436 g/mol. The van der Waals surface area contributed by atoms with Crippen LogP contribution in [0.25, 0.3) is 11.4 Å². The summed E-state index contributed by atoms with van der Waals surface area (Å²) in [4.78, 5) is 9.08. The lowest BCUT2D eigenvalue weighted by atomic mass is 9.87. The zero-order valence-electron chi connectivity index (χ0n) is 18.7. The zero-order valence-corrected chi connectivity index (χ0v) is 19.6. The molecule has 0 spiro atoms. The van der Waals surface area contributed by atoms with E-state index < -0.39 is 0 Å². The van der Waals surface area contributed by atoms with Gasteiger partial charge in [-0.05, 0) is 54.5 Å². The standard InChI is InChI=1S/C24H29N5OS/c1-15-14-20(16(2)13-19(15)27-22-25-11-6-12-26-22)30-23-28-21(29-31-23)17-7-9-18(10-8-17)24(3,4)5/h7-10,13-14H,6,11-12H2,1-5H3,(H2,25,26,27). The van der Waals surface area contributed by atoms with Crippen LogP contribution in [-0.4, -0.2) is 28.4 Å². The van der Waals surface area contributed by atoms with Crippen molar-refractivity contribution in [3.05, 3.63) is 53.1 Å². The highest BCUT2D eigenvalue weighted by atomic mass is 32.1. The van der Waals surface area contributed by atoms with Gasteiger partial charge in [-0.2, -0.15) is 9.36 Å². The molecule has 7 heteroatoms. The van der Waals surface area contributed by atoms with Crippen LogP contribution in [0.5, 0.6) is 10.9 Å². The average Bonchev–Trinajstić information content (AvgIpc) is 3.20. The molecule has 2 N–H and O–H groups in total. The summed E-state index contributed by atoms with van der Waals surface area (Å²) in [6.45, 7) is 12.5. The van der Waals surface area contributed by atoms with Crippen LogP contribution in [0.2, 0.25) is 0 Å². The molecule has 0 atom stereocenters. The number of rotatable bonds is 4. The van der Waals surface area contributed by atoms with Crippen LogP contribution in [0.1, 0.15) is 43.9 Å². The highest BCUT2D eigenvalue weighted by Gasteiger charge is 2.15. The Bertz CT molecular complexity index is 1100. The normalized spacial score (nSPS) is 14.0. The molecule has 0 radical (unpaired) electrons. The smallest absolute Gasteiger partial charge is 0.299 e. The van der Waals surface area contributed by atoms with E-state index >= 15 is 0 Å². The van der Waals surface area contributed by atoms with Gasteiger partial charge in [-0.15, -0.1) is 0 Å². The van der Waals surface area contributed by atoms with E-state index in [2.05, 4.69) is 83.0 Å². The van der Waals surface area contributed by atoms with E-state index in [4.69, 9.17) is 4.74 Å². The van der Waals surface area contributed by atoms with E-state index in [1.807, 2.05) is 13.0 Å². The van der Waals surface area contributed by atoms with Crippen LogP contribution in [-0.2, 0) is 5.41 Å². The SMILES string of the molecule is Cc1cc(Oc2nc(-c3ccc(C(C)(C)C)cc3)ns2)c(C)cc1NC1=NCCCN1. The van der Waals surface area contributed by atoms with Crippen LogP contribution < -0.4 is 15.4 Å². The molecular formula is C24H29N5OS. The second kappa shape index (κ2) is 8.67. The fourth-order valence-corrected chi connectivity index (χ4v) is 3.92. The number of anilines is 1. The van der Waals surface area contributed by atoms with Crippen molar-refractivity contribution >= 4 is 23.2 Å². The Balaban J connectivity index is 1.49. The van der Waals surface area contributed by atoms with E-state index in [9.17, 15) is 0 Å². The summed E-state index contributed by atoms with van der Waals surface area (Å²) < 4.78 is 10.6. The summed E-state index contributed by atoms with van der Waals surface area (Å²) in [5.74, 6) is 2.30. The molecule has 1 aliphatic rings. The molecule has 162 valence electrons. The molecular weight excluding hydrogens is 406 g/mol. The third-order valence-electron chi connectivity index (χ3n) is 5.29. The van der Waals surface area contributed by atoms with Gasteiger partial charge in [0, 0.05) is 35.9 Å². The fraction of sp³-hybridized carbons (Fsp3) is 0.375. The number of aryl methyl sites for hydroxylation is 2. The van der Waals surface area contributed by atoms with Gasteiger partial charge < -0.3 is 15.4 Å². The Morgan fingerprint density at radius 1 is 1.06 bits per heavy atom. The molecule has 1 aliphatic heterocycles. The van der Waals surface area contributed by atoms with Gasteiger partial charge in [-0.3, -0.25) is 4.99 Å². The summed E-state index contributed by atoms with van der Waals surface area (Å²) in [6.07, 6.45) is 1.07. The lowest BCUT2D eigenvalue weighted by Gasteiger charge is -2.18.